The molecule has 4 rings (SSSR count). The van der Waals surface area contributed by atoms with Crippen LogP contribution in [0, 0.1) is 38.4 Å². The Morgan fingerprint density at radius 2 is 1.36 bits per heavy atom. The van der Waals surface area contributed by atoms with Crippen LogP contribution in [0.25, 0.3) is 0 Å². The quantitative estimate of drug-likeness (QED) is 0.260. The summed E-state index contributed by atoms with van der Waals surface area (Å²) in [6, 6.07) is -0.624. The monoisotopic (exact) mass is 633 g/mol. The van der Waals surface area contributed by atoms with Crippen LogP contribution in [0.15, 0.2) is 0 Å². The van der Waals surface area contributed by atoms with Crippen LogP contribution in [-0.2, 0) is 4.79 Å². The van der Waals surface area contributed by atoms with Crippen molar-refractivity contribution in [2.75, 3.05) is 26.4 Å². The number of carbonyl (C=O) groups is 3. The SMILES string of the molecule is CC(=O)NC1CC(C)(C)CC(C)(CN2C(=O)N(CC3(C)CC(N)CC(C)(C)C3)[N+](CO)(CC3(C)CC(C)CC(C)(C)C3)C2=O)C1. The summed E-state index contributed by atoms with van der Waals surface area (Å²) in [4.78, 5) is 43.1. The Bertz CT molecular complexity index is 1170. The zero-order chi connectivity index (χ0) is 34.0. The van der Waals surface area contributed by atoms with Crippen LogP contribution in [0.1, 0.15) is 134 Å². The summed E-state index contributed by atoms with van der Waals surface area (Å²) >= 11 is 0. The van der Waals surface area contributed by atoms with Crippen molar-refractivity contribution in [2.45, 2.75) is 146 Å². The van der Waals surface area contributed by atoms with Gasteiger partial charge in [0, 0.05) is 31.0 Å². The van der Waals surface area contributed by atoms with Gasteiger partial charge in [0.05, 0.1) is 6.54 Å². The van der Waals surface area contributed by atoms with Crippen molar-refractivity contribution in [2.24, 2.45) is 44.1 Å². The first-order chi connectivity index (χ1) is 20.3. The van der Waals surface area contributed by atoms with E-state index in [0.29, 0.717) is 25.4 Å². The summed E-state index contributed by atoms with van der Waals surface area (Å²) in [5, 5.41) is 16.2. The van der Waals surface area contributed by atoms with Gasteiger partial charge in [-0.15, -0.1) is 4.59 Å². The van der Waals surface area contributed by atoms with E-state index in [0.717, 1.165) is 51.4 Å². The molecule has 3 aliphatic carbocycles. The maximum atomic E-state index is 14.9. The van der Waals surface area contributed by atoms with Crippen LogP contribution < -0.4 is 11.1 Å². The normalized spacial score (nSPS) is 41.3. The number of aliphatic hydroxyl groups is 1. The minimum absolute atomic E-state index is 0.0163. The summed E-state index contributed by atoms with van der Waals surface area (Å²) in [7, 11) is 0. The van der Waals surface area contributed by atoms with Crippen molar-refractivity contribution >= 4 is 18.0 Å². The molecule has 0 spiro atoms. The average molecular weight is 633 g/mol. The summed E-state index contributed by atoms with van der Waals surface area (Å²) < 4.78 is -0.377. The maximum absolute atomic E-state index is 14.9. The van der Waals surface area contributed by atoms with E-state index in [-0.39, 0.29) is 73.7 Å². The number of carbonyl (C=O) groups excluding carboxylic acids is 3. The molecular formula is C36H66N5O4+. The molecular weight excluding hydrogens is 566 g/mol. The molecule has 1 heterocycles. The number of nitrogens with one attached hydrogen (secondary N) is 1. The molecule has 4 aliphatic rings. The number of rotatable bonds is 8. The van der Waals surface area contributed by atoms with Crippen LogP contribution in [0.4, 0.5) is 9.59 Å². The Morgan fingerprint density at radius 3 is 1.89 bits per heavy atom. The third-order valence-corrected chi connectivity index (χ3v) is 11.4. The van der Waals surface area contributed by atoms with Gasteiger partial charge in [-0.05, 0) is 90.8 Å². The van der Waals surface area contributed by atoms with Crippen molar-refractivity contribution in [3.8, 4) is 0 Å². The Hall–Kier alpha value is -1.71. The molecule has 9 nitrogen and oxygen atoms in total. The summed E-state index contributed by atoms with van der Waals surface area (Å²) in [6.07, 6.45) is 7.97. The number of quaternary nitrogens is 1. The number of hydrogen-bond acceptors (Lipinski definition) is 5. The lowest BCUT2D eigenvalue weighted by Crippen LogP contribution is -2.66. The van der Waals surface area contributed by atoms with E-state index in [4.69, 9.17) is 5.73 Å². The summed E-state index contributed by atoms with van der Waals surface area (Å²) in [6.45, 7) is 24.5. The van der Waals surface area contributed by atoms with Crippen LogP contribution in [0.3, 0.4) is 0 Å². The topological polar surface area (TPSA) is 116 Å². The molecule has 5 amide bonds. The van der Waals surface area contributed by atoms with Gasteiger partial charge in [0.25, 0.3) is 0 Å². The molecule has 9 heteroatoms. The first kappa shape index (κ1) is 36.1. The van der Waals surface area contributed by atoms with Gasteiger partial charge in [-0.2, -0.15) is 5.01 Å². The highest BCUT2D eigenvalue weighted by Crippen LogP contribution is 2.53. The van der Waals surface area contributed by atoms with E-state index in [2.05, 4.69) is 74.6 Å². The number of urea groups is 2. The molecule has 0 aromatic rings. The van der Waals surface area contributed by atoms with Crippen molar-refractivity contribution in [1.82, 2.24) is 15.2 Å². The molecule has 45 heavy (non-hydrogen) atoms. The minimum Gasteiger partial charge on any atom is -0.354 e. The molecule has 7 unspecified atom stereocenters. The maximum Gasteiger partial charge on any atom is 0.454 e. The van der Waals surface area contributed by atoms with Crippen LogP contribution in [0.2, 0.25) is 0 Å². The third-order valence-electron chi connectivity index (χ3n) is 11.4. The molecule has 3 saturated carbocycles. The second-order valence-corrected chi connectivity index (χ2v) is 19.9. The largest absolute Gasteiger partial charge is 0.454 e. The number of nitrogens with two attached hydrogens (primary N) is 1. The van der Waals surface area contributed by atoms with Gasteiger partial charge >= 0.3 is 12.1 Å². The number of aliphatic hydroxyl groups excluding tert-OH is 1. The van der Waals surface area contributed by atoms with Gasteiger partial charge in [-0.1, -0.05) is 69.2 Å². The fraction of sp³-hybridized carbons (Fsp3) is 0.917. The van der Waals surface area contributed by atoms with Gasteiger partial charge < -0.3 is 16.2 Å². The summed E-state index contributed by atoms with van der Waals surface area (Å²) in [5.41, 5.74) is 5.76. The Morgan fingerprint density at radius 1 is 0.822 bits per heavy atom. The lowest BCUT2D eigenvalue weighted by atomic mass is 9.61. The average Bonchev–Trinajstić information content (AvgIpc) is 2.94. The van der Waals surface area contributed by atoms with Crippen molar-refractivity contribution in [3.63, 3.8) is 0 Å². The van der Waals surface area contributed by atoms with Gasteiger partial charge in [0.1, 0.15) is 6.54 Å². The molecule has 0 radical (unpaired) electrons. The Labute approximate surface area is 273 Å². The molecule has 0 aromatic carbocycles. The first-order valence-corrected chi connectivity index (χ1v) is 17.5. The van der Waals surface area contributed by atoms with Gasteiger partial charge in [0.2, 0.25) is 12.6 Å². The molecule has 0 aromatic heterocycles. The molecule has 0 bridgehead atoms. The molecule has 4 N–H and O–H groups in total. The zero-order valence-corrected chi connectivity index (χ0v) is 30.5. The number of imide groups is 1. The fourth-order valence-corrected chi connectivity index (χ4v) is 12.0. The highest BCUT2D eigenvalue weighted by atomic mass is 16.3. The predicted molar refractivity (Wildman–Crippen MR) is 178 cm³/mol. The van der Waals surface area contributed by atoms with Gasteiger partial charge in [-0.3, -0.25) is 4.79 Å². The van der Waals surface area contributed by atoms with E-state index >= 15 is 0 Å². The molecule has 4 fully saturated rings. The number of nitrogens with zero attached hydrogens (tertiary/aromatic N) is 3. The minimum atomic E-state index is -0.451. The van der Waals surface area contributed by atoms with Crippen LogP contribution in [-0.4, -0.2) is 76.0 Å². The second-order valence-electron chi connectivity index (χ2n) is 19.9. The highest BCUT2D eigenvalue weighted by Gasteiger charge is 2.64. The molecule has 7 atom stereocenters. The van der Waals surface area contributed by atoms with E-state index < -0.39 is 6.73 Å². The molecule has 1 saturated heterocycles. The molecule has 258 valence electrons. The van der Waals surface area contributed by atoms with E-state index in [1.165, 1.54) is 4.90 Å². The summed E-state index contributed by atoms with van der Waals surface area (Å²) in [5.74, 6) is 0.425. The van der Waals surface area contributed by atoms with E-state index in [1.54, 1.807) is 11.9 Å². The predicted octanol–water partition coefficient (Wildman–Crippen LogP) is 6.64. The Kier molecular flexibility index (Phi) is 9.44. The Balaban J connectivity index is 1.74. The second kappa shape index (κ2) is 11.8. The standard InChI is InChI=1S/C36H65N5O4/c1-25-12-31(3,4)20-36(11,13-25)23-41(24-42)30(45)39(21-35(10)17-28(38-26(2)43)16-33(7,8)19-35)29(44)40(41)22-34(9)15-27(37)14-32(5,6)18-34/h25,27-28,42H,12-24,37H2,1-11H3/p+1. The number of hydrogen-bond donors (Lipinski definition) is 3. The van der Waals surface area contributed by atoms with Crippen molar-refractivity contribution in [3.05, 3.63) is 0 Å². The lowest BCUT2D eigenvalue weighted by molar-refractivity contribution is -0.969. The fourth-order valence-electron chi connectivity index (χ4n) is 12.0. The van der Waals surface area contributed by atoms with Gasteiger partial charge in [0.15, 0.2) is 0 Å². The zero-order valence-electron chi connectivity index (χ0n) is 30.5. The third kappa shape index (κ3) is 7.89. The highest BCUT2D eigenvalue weighted by molar-refractivity contribution is 5.94. The molecule has 1 aliphatic heterocycles. The van der Waals surface area contributed by atoms with Crippen molar-refractivity contribution < 1.29 is 24.1 Å². The van der Waals surface area contributed by atoms with Crippen molar-refractivity contribution in [1.29, 1.82) is 0 Å². The van der Waals surface area contributed by atoms with E-state index in [1.807, 2.05) is 0 Å². The number of amides is 5. The first-order valence-electron chi connectivity index (χ1n) is 17.5. The lowest BCUT2D eigenvalue weighted by Gasteiger charge is -2.51. The smallest absolute Gasteiger partial charge is 0.354 e. The van der Waals surface area contributed by atoms with Crippen LogP contribution >= 0.6 is 0 Å². The van der Waals surface area contributed by atoms with Crippen LogP contribution in [0.5, 0.6) is 0 Å². The van der Waals surface area contributed by atoms with E-state index in [9.17, 15) is 19.5 Å². The van der Waals surface area contributed by atoms with Gasteiger partial charge in [-0.25, -0.2) is 14.5 Å².